The van der Waals surface area contributed by atoms with Crippen LogP contribution >= 0.6 is 0 Å². The Labute approximate surface area is 191 Å². The van der Waals surface area contributed by atoms with Crippen molar-refractivity contribution in [1.29, 1.82) is 0 Å². The smallest absolute Gasteiger partial charge is 0.229 e. The minimum atomic E-state index is -3.08. The number of aromatic nitrogens is 2. The molecule has 5 rings (SSSR count). The van der Waals surface area contributed by atoms with E-state index in [0.717, 1.165) is 16.8 Å². The molecule has 33 heavy (non-hydrogen) atoms. The summed E-state index contributed by atoms with van der Waals surface area (Å²) in [5.74, 6) is 1.68. The van der Waals surface area contributed by atoms with Crippen molar-refractivity contribution in [3.8, 4) is 5.75 Å². The van der Waals surface area contributed by atoms with Crippen LogP contribution in [0.3, 0.4) is 0 Å². The quantitative estimate of drug-likeness (QED) is 0.627. The molecule has 2 aromatic carbocycles. The molecule has 0 radical (unpaired) electrons. The molecule has 0 unspecified atom stereocenters. The lowest BCUT2D eigenvalue weighted by molar-refractivity contribution is -0.118. The fourth-order valence-corrected chi connectivity index (χ4v) is 5.80. The Morgan fingerprint density at radius 3 is 2.67 bits per heavy atom. The molecule has 1 amide bonds. The van der Waals surface area contributed by atoms with E-state index in [2.05, 4.69) is 10.3 Å². The molecule has 0 aliphatic carbocycles. The van der Waals surface area contributed by atoms with Crippen LogP contribution in [0.15, 0.2) is 48.7 Å². The number of rotatable bonds is 4. The standard InChI is InChI=1S/C23H23N5O4S/c1-27-19-12-24-23(25-17-8-7-15-13-33(30,31)14-16(15)11-17)26-22(19)28(10-9-21(27)29)18-5-3-4-6-20(18)32-2/h3-8,11-12H,9-10,13-14H2,1-2H3,(H,24,25,26). The van der Waals surface area contributed by atoms with Gasteiger partial charge in [0.05, 0.1) is 30.5 Å². The van der Waals surface area contributed by atoms with Crippen molar-refractivity contribution in [2.75, 3.05) is 35.8 Å². The molecular formula is C23H23N5O4S. The Kier molecular flexibility index (Phi) is 5.16. The molecule has 0 saturated heterocycles. The van der Waals surface area contributed by atoms with Gasteiger partial charge in [-0.15, -0.1) is 0 Å². The van der Waals surface area contributed by atoms with Gasteiger partial charge in [-0.2, -0.15) is 4.98 Å². The number of methoxy groups -OCH3 is 1. The van der Waals surface area contributed by atoms with Crippen LogP contribution < -0.4 is 19.9 Å². The van der Waals surface area contributed by atoms with E-state index in [4.69, 9.17) is 9.72 Å². The first-order valence-electron chi connectivity index (χ1n) is 10.5. The van der Waals surface area contributed by atoms with E-state index in [1.807, 2.05) is 47.4 Å². The number of para-hydroxylation sites is 2. The summed E-state index contributed by atoms with van der Waals surface area (Å²) in [6.07, 6.45) is 1.93. The summed E-state index contributed by atoms with van der Waals surface area (Å²) in [5, 5.41) is 3.18. The van der Waals surface area contributed by atoms with Gasteiger partial charge in [-0.05, 0) is 35.4 Å². The maximum Gasteiger partial charge on any atom is 0.229 e. The Bertz CT molecular complexity index is 1360. The van der Waals surface area contributed by atoms with E-state index in [9.17, 15) is 13.2 Å². The van der Waals surface area contributed by atoms with Crippen LogP contribution in [0.2, 0.25) is 0 Å². The van der Waals surface area contributed by atoms with Gasteiger partial charge in [-0.1, -0.05) is 18.2 Å². The minimum absolute atomic E-state index is 0.0298. The molecule has 170 valence electrons. The molecule has 2 aliphatic rings. The van der Waals surface area contributed by atoms with Crippen molar-refractivity contribution in [3.05, 3.63) is 59.8 Å². The van der Waals surface area contributed by atoms with Crippen molar-refractivity contribution in [2.24, 2.45) is 0 Å². The van der Waals surface area contributed by atoms with Crippen LogP contribution in [-0.2, 0) is 26.1 Å². The predicted molar refractivity (Wildman–Crippen MR) is 126 cm³/mol. The predicted octanol–water partition coefficient (Wildman–Crippen LogP) is 3.16. The van der Waals surface area contributed by atoms with E-state index in [0.29, 0.717) is 41.9 Å². The number of sulfone groups is 1. The van der Waals surface area contributed by atoms with Gasteiger partial charge >= 0.3 is 0 Å². The topological polar surface area (TPSA) is 105 Å². The molecular weight excluding hydrogens is 442 g/mol. The minimum Gasteiger partial charge on any atom is -0.495 e. The van der Waals surface area contributed by atoms with E-state index in [1.54, 1.807) is 25.3 Å². The maximum absolute atomic E-state index is 12.6. The highest BCUT2D eigenvalue weighted by Gasteiger charge is 2.29. The zero-order valence-electron chi connectivity index (χ0n) is 18.3. The highest BCUT2D eigenvalue weighted by atomic mass is 32.2. The van der Waals surface area contributed by atoms with Crippen LogP contribution in [0.1, 0.15) is 17.5 Å². The SMILES string of the molecule is COc1ccccc1N1CCC(=O)N(C)c2cnc(Nc3ccc4c(c3)CS(=O)(=O)C4)nc21. The van der Waals surface area contributed by atoms with Gasteiger partial charge in [0.2, 0.25) is 11.9 Å². The zero-order valence-corrected chi connectivity index (χ0v) is 19.1. The molecule has 3 aromatic rings. The Hall–Kier alpha value is -3.66. The summed E-state index contributed by atoms with van der Waals surface area (Å²) >= 11 is 0. The summed E-state index contributed by atoms with van der Waals surface area (Å²) in [4.78, 5) is 25.3. The van der Waals surface area contributed by atoms with Gasteiger partial charge in [0.1, 0.15) is 11.4 Å². The fraction of sp³-hybridized carbons (Fsp3) is 0.261. The maximum atomic E-state index is 12.6. The molecule has 2 aliphatic heterocycles. The third-order valence-electron chi connectivity index (χ3n) is 5.88. The summed E-state index contributed by atoms with van der Waals surface area (Å²) < 4.78 is 29.4. The third kappa shape index (κ3) is 3.97. The average Bonchev–Trinajstić information content (AvgIpc) is 3.05. The average molecular weight is 466 g/mol. The van der Waals surface area contributed by atoms with Gasteiger partial charge in [-0.25, -0.2) is 13.4 Å². The number of amides is 1. The second-order valence-corrected chi connectivity index (χ2v) is 10.1. The Morgan fingerprint density at radius 2 is 1.85 bits per heavy atom. The van der Waals surface area contributed by atoms with Crippen molar-refractivity contribution >= 4 is 44.6 Å². The van der Waals surface area contributed by atoms with Crippen LogP contribution in [-0.4, -0.2) is 45.0 Å². The number of carbonyl (C=O) groups excluding carboxylic acids is 1. The number of fused-ring (bicyclic) bond motifs is 2. The lowest BCUT2D eigenvalue weighted by atomic mass is 10.1. The number of hydrogen-bond acceptors (Lipinski definition) is 8. The summed E-state index contributed by atoms with van der Waals surface area (Å²) in [6, 6.07) is 13.1. The molecule has 0 bridgehead atoms. The van der Waals surface area contributed by atoms with Crippen LogP contribution in [0.4, 0.5) is 28.8 Å². The van der Waals surface area contributed by atoms with Gasteiger partial charge in [0.25, 0.3) is 0 Å². The van der Waals surface area contributed by atoms with Crippen molar-refractivity contribution in [3.63, 3.8) is 0 Å². The Morgan fingerprint density at radius 1 is 1.06 bits per heavy atom. The highest BCUT2D eigenvalue weighted by molar-refractivity contribution is 7.90. The number of ether oxygens (including phenoxy) is 1. The monoisotopic (exact) mass is 465 g/mol. The number of anilines is 5. The van der Waals surface area contributed by atoms with Crippen LogP contribution in [0.5, 0.6) is 5.75 Å². The van der Waals surface area contributed by atoms with Gasteiger partial charge in [-0.3, -0.25) is 4.79 Å². The fourth-order valence-electron chi connectivity index (χ4n) is 4.20. The number of carbonyl (C=O) groups is 1. The first-order valence-corrected chi connectivity index (χ1v) is 12.3. The first kappa shape index (κ1) is 21.2. The molecule has 9 nitrogen and oxygen atoms in total. The van der Waals surface area contributed by atoms with E-state index < -0.39 is 9.84 Å². The third-order valence-corrected chi connectivity index (χ3v) is 7.38. The van der Waals surface area contributed by atoms with Crippen molar-refractivity contribution in [1.82, 2.24) is 9.97 Å². The normalized spacial score (nSPS) is 16.7. The molecule has 0 saturated carbocycles. The van der Waals surface area contributed by atoms with Gasteiger partial charge in [0, 0.05) is 25.7 Å². The molecule has 0 spiro atoms. The van der Waals surface area contributed by atoms with Crippen molar-refractivity contribution in [2.45, 2.75) is 17.9 Å². The van der Waals surface area contributed by atoms with Gasteiger partial charge in [0.15, 0.2) is 15.7 Å². The number of nitrogens with zero attached hydrogens (tertiary/aromatic N) is 4. The number of benzene rings is 2. The molecule has 10 heteroatoms. The first-order chi connectivity index (χ1) is 15.8. The summed E-state index contributed by atoms with van der Waals surface area (Å²) in [7, 11) is 0.238. The Balaban J connectivity index is 1.54. The second kappa shape index (κ2) is 8.04. The molecule has 0 fully saturated rings. The molecule has 1 N–H and O–H groups in total. The van der Waals surface area contributed by atoms with Crippen molar-refractivity contribution < 1.29 is 17.9 Å². The van der Waals surface area contributed by atoms with Crippen LogP contribution in [0, 0.1) is 0 Å². The van der Waals surface area contributed by atoms with Crippen LogP contribution in [0.25, 0.3) is 0 Å². The molecule has 0 atom stereocenters. The molecule has 1 aromatic heterocycles. The number of hydrogen-bond donors (Lipinski definition) is 1. The second-order valence-electron chi connectivity index (χ2n) is 8.07. The van der Waals surface area contributed by atoms with E-state index in [1.165, 1.54) is 0 Å². The van der Waals surface area contributed by atoms with E-state index in [-0.39, 0.29) is 17.4 Å². The summed E-state index contributed by atoms with van der Waals surface area (Å²) in [6.45, 7) is 0.434. The molecule has 3 heterocycles. The highest BCUT2D eigenvalue weighted by Crippen LogP contribution is 2.39. The van der Waals surface area contributed by atoms with E-state index >= 15 is 0 Å². The zero-order chi connectivity index (χ0) is 23.2. The van der Waals surface area contributed by atoms with Gasteiger partial charge < -0.3 is 19.9 Å². The number of nitrogens with one attached hydrogen (secondary N) is 1. The lowest BCUT2D eigenvalue weighted by Crippen LogP contribution is -2.25. The largest absolute Gasteiger partial charge is 0.495 e. The lowest BCUT2D eigenvalue weighted by Gasteiger charge is -2.26. The summed E-state index contributed by atoms with van der Waals surface area (Å²) in [5.41, 5.74) is 3.71.